The predicted molar refractivity (Wildman–Crippen MR) is 91.4 cm³/mol. The summed E-state index contributed by atoms with van der Waals surface area (Å²) in [5, 5.41) is 1.79. The zero-order valence-electron chi connectivity index (χ0n) is 12.4. The average molecular weight is 332 g/mol. The molecule has 0 unspecified atom stereocenters. The molecule has 0 amide bonds. The Bertz CT molecular complexity index is 919. The number of thioether (sulfide) groups is 1. The highest BCUT2D eigenvalue weighted by molar-refractivity contribution is 7.98. The van der Waals surface area contributed by atoms with Crippen LogP contribution in [-0.2, 0) is 0 Å². The fraction of sp³-hybridized carbons (Fsp3) is 0.188. The summed E-state index contributed by atoms with van der Waals surface area (Å²) < 4.78 is 1.60. The molecule has 0 N–H and O–H groups in total. The Balaban J connectivity index is 2.41. The summed E-state index contributed by atoms with van der Waals surface area (Å²) in [6.07, 6.45) is 1.89. The van der Waals surface area contributed by atoms with Gasteiger partial charge in [-0.2, -0.15) is 0 Å². The lowest BCUT2D eigenvalue weighted by Crippen LogP contribution is -2.23. The second kappa shape index (κ2) is 5.74. The quantitative estimate of drug-likeness (QED) is 0.529. The van der Waals surface area contributed by atoms with E-state index in [1.807, 2.05) is 38.3 Å². The Labute approximate surface area is 137 Å². The van der Waals surface area contributed by atoms with E-state index >= 15 is 0 Å². The molecule has 0 aliphatic carbocycles. The van der Waals surface area contributed by atoms with Crippen molar-refractivity contribution in [3.63, 3.8) is 0 Å². The van der Waals surface area contributed by atoms with Crippen LogP contribution in [0.15, 0.2) is 40.3 Å². The molecule has 1 aromatic carbocycles. The van der Waals surface area contributed by atoms with Crippen molar-refractivity contribution >= 4 is 34.4 Å². The molecule has 0 atom stereocenters. The summed E-state index contributed by atoms with van der Waals surface area (Å²) in [4.78, 5) is 21.9. The highest BCUT2D eigenvalue weighted by atomic mass is 35.5. The van der Waals surface area contributed by atoms with Gasteiger partial charge in [0, 0.05) is 10.7 Å². The number of halogens is 1. The predicted octanol–water partition coefficient (Wildman–Crippen LogP) is 3.77. The van der Waals surface area contributed by atoms with Gasteiger partial charge in [-0.3, -0.25) is 9.36 Å². The van der Waals surface area contributed by atoms with Gasteiger partial charge in [-0.05, 0) is 56.0 Å². The van der Waals surface area contributed by atoms with Crippen molar-refractivity contribution in [2.24, 2.45) is 0 Å². The molecule has 3 aromatic rings. The third-order valence-electron chi connectivity index (χ3n) is 3.40. The Morgan fingerprint density at radius 2 is 1.82 bits per heavy atom. The van der Waals surface area contributed by atoms with Crippen molar-refractivity contribution < 1.29 is 0 Å². The van der Waals surface area contributed by atoms with E-state index in [0.717, 1.165) is 16.9 Å². The van der Waals surface area contributed by atoms with Crippen LogP contribution in [0.2, 0.25) is 5.02 Å². The van der Waals surface area contributed by atoms with Crippen LogP contribution in [0.1, 0.15) is 11.3 Å². The first kappa shape index (κ1) is 15.1. The van der Waals surface area contributed by atoms with Crippen molar-refractivity contribution in [1.82, 2.24) is 14.5 Å². The molecule has 2 aromatic heterocycles. The lowest BCUT2D eigenvalue weighted by atomic mass is 10.2. The molecule has 0 aliphatic heterocycles. The van der Waals surface area contributed by atoms with Gasteiger partial charge in [0.15, 0.2) is 10.8 Å². The number of nitrogens with zero attached hydrogens (tertiary/aromatic N) is 3. The molecule has 0 fully saturated rings. The number of rotatable bonds is 2. The van der Waals surface area contributed by atoms with Gasteiger partial charge in [0.1, 0.15) is 0 Å². The highest BCUT2D eigenvalue weighted by Crippen LogP contribution is 2.21. The minimum Gasteiger partial charge on any atom is -0.268 e. The number of hydrogen-bond acceptors (Lipinski definition) is 4. The van der Waals surface area contributed by atoms with Crippen molar-refractivity contribution in [3.05, 3.63) is 57.0 Å². The molecule has 0 spiro atoms. The maximum absolute atomic E-state index is 13.0. The fourth-order valence-electron chi connectivity index (χ4n) is 2.46. The summed E-state index contributed by atoms with van der Waals surface area (Å²) in [6, 6.07) is 9.05. The topological polar surface area (TPSA) is 47.8 Å². The van der Waals surface area contributed by atoms with Crippen LogP contribution in [0.3, 0.4) is 0 Å². The lowest BCUT2D eigenvalue weighted by Gasteiger charge is -2.13. The maximum Gasteiger partial charge on any atom is 0.268 e. The summed E-state index contributed by atoms with van der Waals surface area (Å²) in [7, 11) is 0. The molecular formula is C16H14ClN3OS. The van der Waals surface area contributed by atoms with Gasteiger partial charge in [-0.15, -0.1) is 0 Å². The van der Waals surface area contributed by atoms with E-state index in [2.05, 4.69) is 9.97 Å². The molecule has 0 aliphatic rings. The van der Waals surface area contributed by atoms with Crippen LogP contribution in [0.4, 0.5) is 0 Å². The maximum atomic E-state index is 13.0. The SMILES string of the molecule is CSc1nc2nc(C)cc(C)c2c(=O)n1-c1ccc(Cl)cc1. The van der Waals surface area contributed by atoms with Crippen LogP contribution in [0, 0.1) is 13.8 Å². The zero-order chi connectivity index (χ0) is 15.9. The fourth-order valence-corrected chi connectivity index (χ4v) is 3.13. The van der Waals surface area contributed by atoms with E-state index in [-0.39, 0.29) is 5.56 Å². The molecule has 3 rings (SSSR count). The minimum atomic E-state index is -0.110. The first-order valence-electron chi connectivity index (χ1n) is 6.72. The number of pyridine rings is 1. The van der Waals surface area contributed by atoms with Gasteiger partial charge in [0.2, 0.25) is 0 Å². The first-order chi connectivity index (χ1) is 10.5. The van der Waals surface area contributed by atoms with Crippen molar-refractivity contribution in [3.8, 4) is 5.69 Å². The van der Waals surface area contributed by atoms with Gasteiger partial charge < -0.3 is 0 Å². The Hall–Kier alpha value is -1.85. The van der Waals surface area contributed by atoms with E-state index in [1.165, 1.54) is 11.8 Å². The molecule has 0 saturated carbocycles. The summed E-state index contributed by atoms with van der Waals surface area (Å²) in [6.45, 7) is 3.81. The molecule has 112 valence electrons. The number of benzene rings is 1. The smallest absolute Gasteiger partial charge is 0.268 e. The second-order valence-electron chi connectivity index (χ2n) is 4.99. The first-order valence-corrected chi connectivity index (χ1v) is 8.32. The van der Waals surface area contributed by atoms with E-state index in [0.29, 0.717) is 21.2 Å². The van der Waals surface area contributed by atoms with Gasteiger partial charge in [0.05, 0.1) is 11.1 Å². The van der Waals surface area contributed by atoms with Crippen LogP contribution in [-0.4, -0.2) is 20.8 Å². The molecule has 0 radical (unpaired) electrons. The van der Waals surface area contributed by atoms with Gasteiger partial charge in [0.25, 0.3) is 5.56 Å². The molecular weight excluding hydrogens is 318 g/mol. The number of aryl methyl sites for hydroxylation is 2. The third kappa shape index (κ3) is 2.51. The monoisotopic (exact) mass is 331 g/mol. The van der Waals surface area contributed by atoms with Crippen LogP contribution >= 0.6 is 23.4 Å². The van der Waals surface area contributed by atoms with Crippen molar-refractivity contribution in [2.75, 3.05) is 6.26 Å². The summed E-state index contributed by atoms with van der Waals surface area (Å²) in [5.74, 6) is 0. The summed E-state index contributed by atoms with van der Waals surface area (Å²) >= 11 is 7.35. The molecule has 4 nitrogen and oxygen atoms in total. The van der Waals surface area contributed by atoms with E-state index in [1.54, 1.807) is 16.7 Å². The Kier molecular flexibility index (Phi) is 3.93. The number of fused-ring (bicyclic) bond motifs is 1. The average Bonchev–Trinajstić information content (AvgIpc) is 2.47. The van der Waals surface area contributed by atoms with E-state index in [4.69, 9.17) is 11.6 Å². The van der Waals surface area contributed by atoms with Crippen molar-refractivity contribution in [1.29, 1.82) is 0 Å². The zero-order valence-corrected chi connectivity index (χ0v) is 14.0. The normalized spacial score (nSPS) is 11.1. The Morgan fingerprint density at radius 3 is 2.45 bits per heavy atom. The Morgan fingerprint density at radius 1 is 1.14 bits per heavy atom. The standard InChI is InChI=1S/C16H14ClN3OS/c1-9-8-10(2)18-14-13(9)15(21)20(16(19-14)22-3)12-6-4-11(17)5-7-12/h4-8H,1-3H3. The molecule has 22 heavy (non-hydrogen) atoms. The van der Waals surface area contributed by atoms with Crippen LogP contribution in [0.5, 0.6) is 0 Å². The molecule has 2 heterocycles. The van der Waals surface area contributed by atoms with E-state index < -0.39 is 0 Å². The largest absolute Gasteiger partial charge is 0.268 e. The lowest BCUT2D eigenvalue weighted by molar-refractivity contribution is 0.814. The summed E-state index contributed by atoms with van der Waals surface area (Å²) in [5.41, 5.74) is 2.87. The molecule has 6 heteroatoms. The van der Waals surface area contributed by atoms with Crippen LogP contribution < -0.4 is 5.56 Å². The van der Waals surface area contributed by atoms with Gasteiger partial charge >= 0.3 is 0 Å². The molecule has 0 bridgehead atoms. The number of hydrogen-bond donors (Lipinski definition) is 0. The van der Waals surface area contributed by atoms with E-state index in [9.17, 15) is 4.79 Å². The third-order valence-corrected chi connectivity index (χ3v) is 4.29. The second-order valence-corrected chi connectivity index (χ2v) is 6.20. The highest BCUT2D eigenvalue weighted by Gasteiger charge is 2.15. The van der Waals surface area contributed by atoms with Gasteiger partial charge in [-0.25, -0.2) is 9.97 Å². The van der Waals surface area contributed by atoms with Gasteiger partial charge in [-0.1, -0.05) is 23.4 Å². The van der Waals surface area contributed by atoms with Crippen LogP contribution in [0.25, 0.3) is 16.7 Å². The van der Waals surface area contributed by atoms with Crippen molar-refractivity contribution in [2.45, 2.75) is 19.0 Å². The molecule has 0 saturated heterocycles. The minimum absolute atomic E-state index is 0.110. The number of aromatic nitrogens is 3.